The second kappa shape index (κ2) is 6.23. The van der Waals surface area contributed by atoms with Crippen molar-refractivity contribution in [3.63, 3.8) is 0 Å². The van der Waals surface area contributed by atoms with E-state index in [0.717, 1.165) is 23.1 Å². The smallest absolute Gasteiger partial charge is 0.411 e. The average molecular weight is 324 g/mol. The Labute approximate surface area is 133 Å². The van der Waals surface area contributed by atoms with Gasteiger partial charge in [0.15, 0.2) is 0 Å². The van der Waals surface area contributed by atoms with Gasteiger partial charge in [0.2, 0.25) is 0 Å². The van der Waals surface area contributed by atoms with E-state index in [2.05, 4.69) is 0 Å². The highest BCUT2D eigenvalue weighted by atomic mass is 16.6. The molecule has 0 spiro atoms. The monoisotopic (exact) mass is 324 g/mol. The number of carbonyl (C=O) groups excluding carboxylic acids is 2. The number of hydrogen-bond donors (Lipinski definition) is 1. The summed E-state index contributed by atoms with van der Waals surface area (Å²) < 4.78 is 5.20. The van der Waals surface area contributed by atoms with Gasteiger partial charge in [0.05, 0.1) is 10.5 Å². The van der Waals surface area contributed by atoms with Crippen LogP contribution in [0.2, 0.25) is 0 Å². The fraction of sp³-hybridized carbons (Fsp3) is 0.467. The lowest BCUT2D eigenvalue weighted by Gasteiger charge is -2.35. The van der Waals surface area contributed by atoms with Crippen molar-refractivity contribution in [3.8, 4) is 5.75 Å². The fourth-order valence-electron chi connectivity index (χ4n) is 1.93. The number of phenols is 1. The molecule has 0 saturated carbocycles. The van der Waals surface area contributed by atoms with Crippen LogP contribution >= 0.6 is 0 Å². The van der Waals surface area contributed by atoms with E-state index in [-0.39, 0.29) is 17.0 Å². The van der Waals surface area contributed by atoms with Gasteiger partial charge in [-0.1, -0.05) is 0 Å². The van der Waals surface area contributed by atoms with Crippen molar-refractivity contribution in [3.05, 3.63) is 33.9 Å². The lowest BCUT2D eigenvalue weighted by molar-refractivity contribution is -0.386. The van der Waals surface area contributed by atoms with Gasteiger partial charge in [-0.05, 0) is 39.8 Å². The van der Waals surface area contributed by atoms with Gasteiger partial charge in [-0.25, -0.2) is 4.79 Å². The number of nitro benzene ring substituents is 1. The number of nitro groups is 1. The van der Waals surface area contributed by atoms with Gasteiger partial charge in [-0.3, -0.25) is 15.0 Å². The largest absolute Gasteiger partial charge is 0.508 e. The number of carbonyl (C=O) groups is 2. The van der Waals surface area contributed by atoms with Crippen molar-refractivity contribution < 1.29 is 24.4 Å². The van der Waals surface area contributed by atoms with Gasteiger partial charge in [-0.15, -0.1) is 0 Å². The molecule has 0 aromatic heterocycles. The summed E-state index contributed by atoms with van der Waals surface area (Å²) in [4.78, 5) is 35.4. The van der Waals surface area contributed by atoms with E-state index < -0.39 is 22.2 Å². The normalized spacial score (nSPS) is 13.8. The van der Waals surface area contributed by atoms with Crippen LogP contribution in [0.5, 0.6) is 5.75 Å². The molecule has 0 bridgehead atoms. The van der Waals surface area contributed by atoms with Crippen molar-refractivity contribution in [1.29, 1.82) is 0 Å². The standard InChI is InChI=1S/C15H20N2O6/c1-14(2,3)23-13(20)16(5)15(4,9-18)11-8-10(19)6-7-12(11)17(21)22/h6-9,19H,1-5H3. The molecule has 8 nitrogen and oxygen atoms in total. The maximum atomic E-state index is 12.2. The van der Waals surface area contributed by atoms with Gasteiger partial charge in [0, 0.05) is 13.1 Å². The number of aromatic hydroxyl groups is 1. The number of benzene rings is 1. The SMILES string of the molecule is CN(C(=O)OC(C)(C)C)C(C)(C=O)c1cc(O)ccc1[N+](=O)[O-]. The van der Waals surface area contributed by atoms with E-state index in [1.807, 2.05) is 0 Å². The summed E-state index contributed by atoms with van der Waals surface area (Å²) in [7, 11) is 1.30. The van der Waals surface area contributed by atoms with Gasteiger partial charge in [0.25, 0.3) is 5.69 Å². The molecular formula is C15H20N2O6. The van der Waals surface area contributed by atoms with Crippen LogP contribution < -0.4 is 0 Å². The minimum atomic E-state index is -1.68. The summed E-state index contributed by atoms with van der Waals surface area (Å²) >= 11 is 0. The molecule has 0 radical (unpaired) electrons. The Morgan fingerprint density at radius 3 is 2.35 bits per heavy atom. The molecule has 0 aliphatic rings. The highest BCUT2D eigenvalue weighted by Crippen LogP contribution is 2.35. The molecular weight excluding hydrogens is 304 g/mol. The van der Waals surface area contributed by atoms with Crippen LogP contribution in [0.15, 0.2) is 18.2 Å². The summed E-state index contributed by atoms with van der Waals surface area (Å²) in [5.41, 5.74) is -2.96. The van der Waals surface area contributed by atoms with E-state index in [1.165, 1.54) is 14.0 Å². The first kappa shape index (κ1) is 18.4. The van der Waals surface area contributed by atoms with Crippen molar-refractivity contribution in [2.45, 2.75) is 38.8 Å². The second-order valence-corrected chi connectivity index (χ2v) is 6.26. The average Bonchev–Trinajstić information content (AvgIpc) is 2.43. The third-order valence-corrected chi connectivity index (χ3v) is 3.32. The number of amides is 1. The molecule has 1 rings (SSSR count). The molecule has 126 valence electrons. The highest BCUT2D eigenvalue weighted by molar-refractivity contribution is 5.79. The molecule has 0 fully saturated rings. The zero-order valence-corrected chi connectivity index (χ0v) is 13.7. The Balaban J connectivity index is 3.40. The minimum absolute atomic E-state index is 0.106. The van der Waals surface area contributed by atoms with Crippen LogP contribution in [0.4, 0.5) is 10.5 Å². The Morgan fingerprint density at radius 2 is 1.91 bits per heavy atom. The highest BCUT2D eigenvalue weighted by Gasteiger charge is 2.41. The number of hydrogen-bond acceptors (Lipinski definition) is 6. The fourth-order valence-corrected chi connectivity index (χ4v) is 1.93. The lowest BCUT2D eigenvalue weighted by Crippen LogP contribution is -2.48. The summed E-state index contributed by atoms with van der Waals surface area (Å²) in [6.07, 6.45) is -0.414. The maximum absolute atomic E-state index is 12.2. The second-order valence-electron chi connectivity index (χ2n) is 6.26. The first-order valence-corrected chi connectivity index (χ1v) is 6.83. The molecule has 23 heavy (non-hydrogen) atoms. The predicted octanol–water partition coefficient (Wildman–Crippen LogP) is 2.58. The molecule has 1 amide bonds. The van der Waals surface area contributed by atoms with Crippen molar-refractivity contribution >= 4 is 18.1 Å². The summed E-state index contributed by atoms with van der Waals surface area (Å²) in [6, 6.07) is 3.31. The summed E-state index contributed by atoms with van der Waals surface area (Å²) in [5.74, 6) is -0.253. The molecule has 0 aliphatic carbocycles. The Kier molecular flexibility index (Phi) is 4.99. The molecule has 0 aliphatic heterocycles. The number of likely N-dealkylation sites (N-methyl/N-ethyl adjacent to an activating group) is 1. The van der Waals surface area contributed by atoms with Crippen LogP contribution in [0, 0.1) is 10.1 Å². The zero-order chi connectivity index (χ0) is 18.0. The number of rotatable bonds is 4. The van der Waals surface area contributed by atoms with Gasteiger partial charge < -0.3 is 14.6 Å². The third kappa shape index (κ3) is 3.97. The molecule has 1 aromatic rings. The van der Waals surface area contributed by atoms with Crippen LogP contribution in [-0.4, -0.2) is 40.0 Å². The van der Waals surface area contributed by atoms with E-state index >= 15 is 0 Å². The van der Waals surface area contributed by atoms with Gasteiger partial charge >= 0.3 is 6.09 Å². The van der Waals surface area contributed by atoms with E-state index in [4.69, 9.17) is 4.74 Å². The molecule has 1 N–H and O–H groups in total. The quantitative estimate of drug-likeness (QED) is 0.518. The van der Waals surface area contributed by atoms with E-state index in [9.17, 15) is 24.8 Å². The number of ether oxygens (including phenoxy) is 1. The molecule has 1 aromatic carbocycles. The Bertz CT molecular complexity index is 637. The van der Waals surface area contributed by atoms with Crippen molar-refractivity contribution in [2.24, 2.45) is 0 Å². The zero-order valence-electron chi connectivity index (χ0n) is 13.7. The first-order valence-electron chi connectivity index (χ1n) is 6.83. The number of aldehydes is 1. The van der Waals surface area contributed by atoms with E-state index in [0.29, 0.717) is 6.29 Å². The van der Waals surface area contributed by atoms with Crippen molar-refractivity contribution in [2.75, 3.05) is 7.05 Å². The van der Waals surface area contributed by atoms with Crippen molar-refractivity contribution in [1.82, 2.24) is 4.90 Å². The molecule has 1 atom stereocenters. The van der Waals surface area contributed by atoms with Crippen LogP contribution in [0.1, 0.15) is 33.3 Å². The summed E-state index contributed by atoms with van der Waals surface area (Å²) in [6.45, 7) is 6.32. The van der Waals surface area contributed by atoms with Gasteiger partial charge in [0.1, 0.15) is 23.2 Å². The third-order valence-electron chi connectivity index (χ3n) is 3.32. The molecule has 0 heterocycles. The first-order chi connectivity index (χ1) is 10.4. The Morgan fingerprint density at radius 1 is 1.35 bits per heavy atom. The molecule has 1 unspecified atom stereocenters. The predicted molar refractivity (Wildman–Crippen MR) is 82.2 cm³/mol. The lowest BCUT2D eigenvalue weighted by atomic mass is 9.90. The molecule has 8 heteroatoms. The van der Waals surface area contributed by atoms with Crippen LogP contribution in [0.25, 0.3) is 0 Å². The molecule has 0 saturated heterocycles. The summed E-state index contributed by atoms with van der Waals surface area (Å²) in [5, 5.41) is 20.8. The number of nitrogens with zero attached hydrogens (tertiary/aromatic N) is 2. The Hall–Kier alpha value is -2.64. The number of phenolic OH excluding ortho intramolecular Hbond substituents is 1. The van der Waals surface area contributed by atoms with E-state index in [1.54, 1.807) is 20.8 Å². The minimum Gasteiger partial charge on any atom is -0.508 e. The topological polar surface area (TPSA) is 110 Å². The van der Waals surface area contributed by atoms with Gasteiger partial charge in [-0.2, -0.15) is 0 Å². The van der Waals surface area contributed by atoms with Crippen LogP contribution in [-0.2, 0) is 15.1 Å². The van der Waals surface area contributed by atoms with Crippen LogP contribution in [0.3, 0.4) is 0 Å². The maximum Gasteiger partial charge on any atom is 0.411 e.